The van der Waals surface area contributed by atoms with Crippen LogP contribution in [-0.4, -0.2) is 31.3 Å². The molecule has 116 valence electrons. The van der Waals surface area contributed by atoms with E-state index in [-0.39, 0.29) is 19.4 Å². The molecule has 0 aliphatic carbocycles. The number of esters is 1. The SMILES string of the molecule is COC(=O)[C@@H]1CC[C@@](C)(C(F)(F)F)N(c2ccccc2)C1. The van der Waals surface area contributed by atoms with Crippen molar-refractivity contribution in [2.75, 3.05) is 18.6 Å². The van der Waals surface area contributed by atoms with Crippen LogP contribution in [0.2, 0.25) is 0 Å². The Balaban J connectivity index is 2.38. The van der Waals surface area contributed by atoms with Crippen LogP contribution in [0.15, 0.2) is 30.3 Å². The first-order valence-electron chi connectivity index (χ1n) is 6.77. The van der Waals surface area contributed by atoms with E-state index < -0.39 is 23.6 Å². The fourth-order valence-electron chi connectivity index (χ4n) is 2.76. The van der Waals surface area contributed by atoms with Crippen LogP contribution in [0.3, 0.4) is 0 Å². The molecule has 0 saturated carbocycles. The quantitative estimate of drug-likeness (QED) is 0.784. The van der Waals surface area contributed by atoms with Gasteiger partial charge in [-0.2, -0.15) is 13.2 Å². The van der Waals surface area contributed by atoms with Gasteiger partial charge in [0.15, 0.2) is 0 Å². The molecule has 0 unspecified atom stereocenters. The number of rotatable bonds is 2. The summed E-state index contributed by atoms with van der Waals surface area (Å²) in [6.07, 6.45) is -4.33. The second kappa shape index (κ2) is 5.58. The first kappa shape index (κ1) is 15.7. The van der Waals surface area contributed by atoms with Crippen LogP contribution in [0.1, 0.15) is 19.8 Å². The van der Waals surface area contributed by atoms with Gasteiger partial charge in [-0.25, -0.2) is 0 Å². The van der Waals surface area contributed by atoms with Crippen molar-refractivity contribution in [2.24, 2.45) is 5.92 Å². The Kier molecular flexibility index (Phi) is 4.16. The number of carbonyl (C=O) groups is 1. The molecule has 0 bridgehead atoms. The summed E-state index contributed by atoms with van der Waals surface area (Å²) in [5.74, 6) is -0.995. The maximum atomic E-state index is 13.5. The number of hydrogen-bond donors (Lipinski definition) is 0. The van der Waals surface area contributed by atoms with Crippen molar-refractivity contribution >= 4 is 11.7 Å². The number of ether oxygens (including phenoxy) is 1. The Morgan fingerprint density at radius 1 is 1.33 bits per heavy atom. The van der Waals surface area contributed by atoms with Gasteiger partial charge in [0, 0.05) is 12.2 Å². The van der Waals surface area contributed by atoms with Crippen LogP contribution in [-0.2, 0) is 9.53 Å². The average molecular weight is 301 g/mol. The third kappa shape index (κ3) is 2.84. The van der Waals surface area contributed by atoms with Gasteiger partial charge in [-0.05, 0) is 31.9 Å². The summed E-state index contributed by atoms with van der Waals surface area (Å²) >= 11 is 0. The second-order valence-corrected chi connectivity index (χ2v) is 5.48. The van der Waals surface area contributed by atoms with Gasteiger partial charge in [-0.15, -0.1) is 0 Å². The Bertz CT molecular complexity index is 503. The monoisotopic (exact) mass is 301 g/mol. The second-order valence-electron chi connectivity index (χ2n) is 5.48. The van der Waals surface area contributed by atoms with Crippen molar-refractivity contribution in [1.29, 1.82) is 0 Å². The van der Waals surface area contributed by atoms with E-state index in [0.717, 1.165) is 0 Å². The van der Waals surface area contributed by atoms with E-state index in [0.29, 0.717) is 5.69 Å². The molecule has 1 fully saturated rings. The highest BCUT2D eigenvalue weighted by molar-refractivity contribution is 5.74. The number of alkyl halides is 3. The molecular weight excluding hydrogens is 283 g/mol. The highest BCUT2D eigenvalue weighted by Crippen LogP contribution is 2.45. The molecule has 6 heteroatoms. The summed E-state index contributed by atoms with van der Waals surface area (Å²) < 4.78 is 45.2. The summed E-state index contributed by atoms with van der Waals surface area (Å²) in [4.78, 5) is 13.0. The number of nitrogens with zero attached hydrogens (tertiary/aromatic N) is 1. The van der Waals surface area contributed by atoms with Crippen LogP contribution in [0.4, 0.5) is 18.9 Å². The fraction of sp³-hybridized carbons (Fsp3) is 0.533. The number of hydrogen-bond acceptors (Lipinski definition) is 3. The van der Waals surface area contributed by atoms with Crippen LogP contribution in [0.5, 0.6) is 0 Å². The first-order valence-corrected chi connectivity index (χ1v) is 6.77. The van der Waals surface area contributed by atoms with Crippen LogP contribution in [0.25, 0.3) is 0 Å². The van der Waals surface area contributed by atoms with E-state index in [4.69, 9.17) is 0 Å². The number of methoxy groups -OCH3 is 1. The lowest BCUT2D eigenvalue weighted by Crippen LogP contribution is -2.61. The summed E-state index contributed by atoms with van der Waals surface area (Å²) in [6.45, 7) is 1.19. The van der Waals surface area contributed by atoms with Gasteiger partial charge in [0.05, 0.1) is 13.0 Å². The predicted octanol–water partition coefficient (Wildman–Crippen LogP) is 3.40. The van der Waals surface area contributed by atoms with Gasteiger partial charge >= 0.3 is 12.1 Å². The molecule has 1 saturated heterocycles. The van der Waals surface area contributed by atoms with Gasteiger partial charge in [0.1, 0.15) is 5.54 Å². The van der Waals surface area contributed by atoms with E-state index in [9.17, 15) is 18.0 Å². The minimum Gasteiger partial charge on any atom is -0.469 e. The highest BCUT2D eigenvalue weighted by Gasteiger charge is 2.57. The number of halogens is 3. The van der Waals surface area contributed by atoms with Crippen molar-refractivity contribution < 1.29 is 22.7 Å². The molecule has 0 N–H and O–H groups in total. The number of benzene rings is 1. The van der Waals surface area contributed by atoms with Gasteiger partial charge < -0.3 is 9.64 Å². The lowest BCUT2D eigenvalue weighted by Gasteiger charge is -2.48. The van der Waals surface area contributed by atoms with Gasteiger partial charge in [0.25, 0.3) is 0 Å². The van der Waals surface area contributed by atoms with Gasteiger partial charge in [-0.3, -0.25) is 4.79 Å². The fourth-order valence-corrected chi connectivity index (χ4v) is 2.76. The van der Waals surface area contributed by atoms with E-state index in [2.05, 4.69) is 4.74 Å². The molecule has 3 nitrogen and oxygen atoms in total. The molecule has 0 spiro atoms. The number of para-hydroxylation sites is 1. The number of piperidine rings is 1. The Morgan fingerprint density at radius 2 is 1.95 bits per heavy atom. The van der Waals surface area contributed by atoms with Crippen molar-refractivity contribution in [3.05, 3.63) is 30.3 Å². The molecule has 1 heterocycles. The maximum Gasteiger partial charge on any atom is 0.411 e. The van der Waals surface area contributed by atoms with Crippen LogP contribution < -0.4 is 4.90 Å². The van der Waals surface area contributed by atoms with Crippen LogP contribution in [0, 0.1) is 5.92 Å². The molecule has 1 aliphatic rings. The zero-order chi connectivity index (χ0) is 15.7. The minimum atomic E-state index is -4.37. The largest absolute Gasteiger partial charge is 0.469 e. The summed E-state index contributed by atoms with van der Waals surface area (Å²) in [5.41, 5.74) is -1.51. The standard InChI is InChI=1S/C15H18F3NO2/c1-14(15(16,17)18)9-8-11(13(20)21-2)10-19(14)12-6-4-3-5-7-12/h3-7,11H,8-10H2,1-2H3/t11-,14+/m1/s1. The minimum absolute atomic E-state index is 0.00664. The summed E-state index contributed by atoms with van der Waals surface area (Å²) in [5, 5.41) is 0. The molecule has 21 heavy (non-hydrogen) atoms. The number of carbonyl (C=O) groups excluding carboxylic acids is 1. The molecule has 0 radical (unpaired) electrons. The Labute approximate surface area is 121 Å². The normalized spacial score (nSPS) is 26.5. The Hall–Kier alpha value is -1.72. The predicted molar refractivity (Wildman–Crippen MR) is 73.0 cm³/mol. The average Bonchev–Trinajstić information content (AvgIpc) is 2.46. The topological polar surface area (TPSA) is 29.5 Å². The molecular formula is C15H18F3NO2. The number of anilines is 1. The van der Waals surface area contributed by atoms with E-state index in [1.807, 2.05) is 0 Å². The van der Waals surface area contributed by atoms with Crippen molar-refractivity contribution in [3.8, 4) is 0 Å². The van der Waals surface area contributed by atoms with E-state index in [1.165, 1.54) is 18.9 Å². The van der Waals surface area contributed by atoms with Crippen molar-refractivity contribution in [1.82, 2.24) is 0 Å². The van der Waals surface area contributed by atoms with E-state index in [1.54, 1.807) is 30.3 Å². The van der Waals surface area contributed by atoms with Crippen molar-refractivity contribution in [2.45, 2.75) is 31.5 Å². The lowest BCUT2D eigenvalue weighted by molar-refractivity contribution is -0.190. The molecule has 1 aromatic carbocycles. The Morgan fingerprint density at radius 3 is 2.48 bits per heavy atom. The smallest absolute Gasteiger partial charge is 0.411 e. The molecule has 2 atom stereocenters. The zero-order valence-electron chi connectivity index (χ0n) is 12.0. The molecule has 1 aliphatic heterocycles. The lowest BCUT2D eigenvalue weighted by atomic mass is 9.82. The van der Waals surface area contributed by atoms with Gasteiger partial charge in [-0.1, -0.05) is 18.2 Å². The summed E-state index contributed by atoms with van der Waals surface area (Å²) in [6, 6.07) is 8.38. The third-order valence-corrected chi connectivity index (χ3v) is 4.19. The zero-order valence-corrected chi connectivity index (χ0v) is 12.0. The highest BCUT2D eigenvalue weighted by atomic mass is 19.4. The van der Waals surface area contributed by atoms with Gasteiger partial charge in [0.2, 0.25) is 0 Å². The molecule has 0 aromatic heterocycles. The third-order valence-electron chi connectivity index (χ3n) is 4.19. The molecule has 2 rings (SSSR count). The first-order chi connectivity index (χ1) is 9.79. The summed E-state index contributed by atoms with van der Waals surface area (Å²) in [7, 11) is 1.26. The van der Waals surface area contributed by atoms with Crippen molar-refractivity contribution in [3.63, 3.8) is 0 Å². The molecule has 1 aromatic rings. The van der Waals surface area contributed by atoms with Crippen LogP contribution >= 0.6 is 0 Å². The maximum absolute atomic E-state index is 13.5. The van der Waals surface area contributed by atoms with E-state index >= 15 is 0 Å². The molecule has 0 amide bonds.